The van der Waals surface area contributed by atoms with Gasteiger partial charge in [0, 0.05) is 42.0 Å². The van der Waals surface area contributed by atoms with Crippen molar-refractivity contribution in [3.63, 3.8) is 0 Å². The topological polar surface area (TPSA) is 63.1 Å². The molecule has 1 aliphatic rings. The fourth-order valence-corrected chi connectivity index (χ4v) is 3.75. The lowest BCUT2D eigenvalue weighted by atomic mass is 10.1. The number of amides is 1. The van der Waals surface area contributed by atoms with Crippen LogP contribution in [0.5, 0.6) is 0 Å². The summed E-state index contributed by atoms with van der Waals surface area (Å²) in [6.07, 6.45) is 2.12. The van der Waals surface area contributed by atoms with E-state index in [0.29, 0.717) is 16.7 Å². The quantitative estimate of drug-likeness (QED) is 0.711. The molecule has 0 aliphatic carbocycles. The van der Waals surface area contributed by atoms with Crippen LogP contribution >= 0.6 is 11.6 Å². The van der Waals surface area contributed by atoms with E-state index >= 15 is 0 Å². The molecule has 0 spiro atoms. The van der Waals surface area contributed by atoms with Crippen molar-refractivity contribution in [2.45, 2.75) is 19.4 Å². The van der Waals surface area contributed by atoms with Crippen LogP contribution in [0.1, 0.15) is 12.8 Å². The summed E-state index contributed by atoms with van der Waals surface area (Å²) in [7, 11) is 1.85. The van der Waals surface area contributed by atoms with E-state index in [2.05, 4.69) is 15.5 Å². The Bertz CT molecular complexity index is 980. The van der Waals surface area contributed by atoms with Gasteiger partial charge >= 0.3 is 0 Å². The highest BCUT2D eigenvalue weighted by atomic mass is 35.5. The zero-order valence-corrected chi connectivity index (χ0v) is 16.5. The normalized spacial score (nSPS) is 13.7. The average molecular weight is 396 g/mol. The molecule has 1 aliphatic heterocycles. The number of rotatable bonds is 5. The lowest BCUT2D eigenvalue weighted by molar-refractivity contribution is -0.130. The number of carbonyl (C=O) groups is 1. The molecule has 1 N–H and O–H groups in total. The van der Waals surface area contributed by atoms with Crippen LogP contribution in [0.2, 0.25) is 5.02 Å². The first-order chi connectivity index (χ1) is 13.7. The highest BCUT2D eigenvalue weighted by Crippen LogP contribution is 2.32. The number of halogens is 1. The third-order valence-corrected chi connectivity index (χ3v) is 5.26. The minimum absolute atomic E-state index is 0.0868. The summed E-state index contributed by atoms with van der Waals surface area (Å²) in [5.41, 5.74) is 2.62. The summed E-state index contributed by atoms with van der Waals surface area (Å²) in [6, 6.07) is 15.4. The number of anilines is 1. The van der Waals surface area contributed by atoms with Crippen LogP contribution in [-0.2, 0) is 11.3 Å². The van der Waals surface area contributed by atoms with Crippen LogP contribution in [0, 0.1) is 0 Å². The number of nitrogens with zero attached hydrogens (tertiary/aromatic N) is 4. The zero-order chi connectivity index (χ0) is 19.5. The molecule has 1 amide bonds. The van der Waals surface area contributed by atoms with E-state index in [1.165, 1.54) is 0 Å². The van der Waals surface area contributed by atoms with Crippen LogP contribution in [0.3, 0.4) is 0 Å². The fourth-order valence-electron chi connectivity index (χ4n) is 3.57. The Balaban J connectivity index is 1.81. The molecular formula is C21H22ClN5O. The molecule has 0 radical (unpaired) electrons. The van der Waals surface area contributed by atoms with E-state index in [1.807, 2.05) is 65.0 Å². The zero-order valence-electron chi connectivity index (χ0n) is 15.7. The number of hydrogen-bond acceptors (Lipinski definition) is 4. The Morgan fingerprint density at radius 1 is 1.07 bits per heavy atom. The maximum Gasteiger partial charge on any atom is 0.242 e. The smallest absolute Gasteiger partial charge is 0.242 e. The molecule has 28 heavy (non-hydrogen) atoms. The van der Waals surface area contributed by atoms with Crippen molar-refractivity contribution < 1.29 is 4.79 Å². The highest BCUT2D eigenvalue weighted by Gasteiger charge is 2.24. The predicted octanol–water partition coefficient (Wildman–Crippen LogP) is 3.93. The molecule has 1 fully saturated rings. The first kappa shape index (κ1) is 18.5. The summed E-state index contributed by atoms with van der Waals surface area (Å²) in [4.78, 5) is 14.8. The van der Waals surface area contributed by atoms with Gasteiger partial charge < -0.3 is 10.2 Å². The molecule has 2 aromatic carbocycles. The van der Waals surface area contributed by atoms with Gasteiger partial charge in [-0.15, -0.1) is 10.2 Å². The van der Waals surface area contributed by atoms with Gasteiger partial charge in [0.25, 0.3) is 0 Å². The largest absolute Gasteiger partial charge is 0.388 e. The molecule has 1 saturated heterocycles. The maximum absolute atomic E-state index is 12.9. The van der Waals surface area contributed by atoms with E-state index < -0.39 is 0 Å². The first-order valence-electron chi connectivity index (χ1n) is 9.41. The molecule has 2 heterocycles. The van der Waals surface area contributed by atoms with Gasteiger partial charge in [0.05, 0.1) is 0 Å². The molecule has 0 bridgehead atoms. The standard InChI is InChI=1S/C21H22ClN5O/c1-23-18-10-9-16(22)13-17(18)21-25-24-20(15-7-3-2-4-8-15)27(21)14-19(28)26-11-5-6-12-26/h2-4,7-10,13,23H,5-6,11-12,14H2,1H3. The van der Waals surface area contributed by atoms with Crippen molar-refractivity contribution >= 4 is 23.2 Å². The predicted molar refractivity (Wildman–Crippen MR) is 111 cm³/mol. The third kappa shape index (κ3) is 3.60. The van der Waals surface area contributed by atoms with Gasteiger partial charge in [-0.2, -0.15) is 0 Å². The van der Waals surface area contributed by atoms with Gasteiger partial charge in [-0.25, -0.2) is 0 Å². The second-order valence-electron chi connectivity index (χ2n) is 6.83. The Hall–Kier alpha value is -2.86. The van der Waals surface area contributed by atoms with Crippen LogP contribution in [0.4, 0.5) is 5.69 Å². The molecule has 144 valence electrons. The van der Waals surface area contributed by atoms with Crippen molar-refractivity contribution in [3.8, 4) is 22.8 Å². The molecule has 7 heteroatoms. The summed E-state index contributed by atoms with van der Waals surface area (Å²) < 4.78 is 1.89. The molecule has 3 aromatic rings. The van der Waals surface area contributed by atoms with Crippen molar-refractivity contribution in [1.29, 1.82) is 0 Å². The molecule has 0 atom stereocenters. The second-order valence-corrected chi connectivity index (χ2v) is 7.26. The summed E-state index contributed by atoms with van der Waals surface area (Å²) in [5, 5.41) is 12.6. The van der Waals surface area contributed by atoms with Crippen molar-refractivity contribution in [1.82, 2.24) is 19.7 Å². The molecular weight excluding hydrogens is 374 g/mol. The van der Waals surface area contributed by atoms with Gasteiger partial charge in [-0.1, -0.05) is 41.9 Å². The molecule has 0 unspecified atom stereocenters. The number of hydrogen-bond donors (Lipinski definition) is 1. The molecule has 6 nitrogen and oxygen atoms in total. The molecule has 4 rings (SSSR count). The second kappa shape index (κ2) is 8.02. The lowest BCUT2D eigenvalue weighted by Gasteiger charge is -2.18. The van der Waals surface area contributed by atoms with Crippen LogP contribution in [-0.4, -0.2) is 45.7 Å². The van der Waals surface area contributed by atoms with Crippen molar-refractivity contribution in [2.75, 3.05) is 25.5 Å². The summed E-state index contributed by atoms with van der Waals surface area (Å²) in [5.74, 6) is 1.38. The van der Waals surface area contributed by atoms with Crippen molar-refractivity contribution in [3.05, 3.63) is 53.6 Å². The van der Waals surface area contributed by atoms with Crippen LogP contribution < -0.4 is 5.32 Å². The molecule has 1 aromatic heterocycles. The van der Waals surface area contributed by atoms with E-state index in [9.17, 15) is 4.79 Å². The number of likely N-dealkylation sites (tertiary alicyclic amines) is 1. The monoisotopic (exact) mass is 395 g/mol. The van der Waals surface area contributed by atoms with Gasteiger partial charge in [0.1, 0.15) is 6.54 Å². The van der Waals surface area contributed by atoms with Gasteiger partial charge in [-0.05, 0) is 31.0 Å². The SMILES string of the molecule is CNc1ccc(Cl)cc1-c1nnc(-c2ccccc2)n1CC(=O)N1CCCC1. The van der Waals surface area contributed by atoms with E-state index in [-0.39, 0.29) is 12.5 Å². The van der Waals surface area contributed by atoms with Gasteiger partial charge in [0.15, 0.2) is 11.6 Å². The average Bonchev–Trinajstić information content (AvgIpc) is 3.39. The molecule has 0 saturated carbocycles. The third-order valence-electron chi connectivity index (χ3n) is 5.03. The number of aromatic nitrogens is 3. The lowest BCUT2D eigenvalue weighted by Crippen LogP contribution is -2.31. The van der Waals surface area contributed by atoms with E-state index in [0.717, 1.165) is 42.7 Å². The summed E-state index contributed by atoms with van der Waals surface area (Å²) >= 11 is 6.25. The maximum atomic E-state index is 12.9. The fraction of sp³-hybridized carbons (Fsp3) is 0.286. The van der Waals surface area contributed by atoms with Crippen LogP contribution in [0.15, 0.2) is 48.5 Å². The minimum Gasteiger partial charge on any atom is -0.388 e. The minimum atomic E-state index is 0.0868. The van der Waals surface area contributed by atoms with Gasteiger partial charge in [0.2, 0.25) is 5.91 Å². The number of nitrogens with one attached hydrogen (secondary N) is 1. The first-order valence-corrected chi connectivity index (χ1v) is 9.79. The number of carbonyl (C=O) groups excluding carboxylic acids is 1. The van der Waals surface area contributed by atoms with Crippen molar-refractivity contribution in [2.24, 2.45) is 0 Å². The Morgan fingerprint density at radius 3 is 2.50 bits per heavy atom. The highest BCUT2D eigenvalue weighted by molar-refractivity contribution is 6.31. The Kier molecular flexibility index (Phi) is 5.30. The Labute approximate surface area is 169 Å². The van der Waals surface area contributed by atoms with Gasteiger partial charge in [-0.3, -0.25) is 9.36 Å². The van der Waals surface area contributed by atoms with E-state index in [4.69, 9.17) is 11.6 Å². The summed E-state index contributed by atoms with van der Waals surface area (Å²) in [6.45, 7) is 1.83. The van der Waals surface area contributed by atoms with E-state index in [1.54, 1.807) is 0 Å². The number of benzene rings is 2. The Morgan fingerprint density at radius 2 is 1.79 bits per heavy atom. The van der Waals surface area contributed by atoms with Crippen LogP contribution in [0.25, 0.3) is 22.8 Å².